The highest BCUT2D eigenvalue weighted by Gasteiger charge is 2.33. The van der Waals surface area contributed by atoms with E-state index >= 15 is 0 Å². The predicted octanol–water partition coefficient (Wildman–Crippen LogP) is 4.63. The highest BCUT2D eigenvalue weighted by atomic mass is 35.5. The van der Waals surface area contributed by atoms with Crippen molar-refractivity contribution in [2.75, 3.05) is 12.1 Å². The lowest BCUT2D eigenvalue weighted by molar-refractivity contribution is 0.174. The minimum atomic E-state index is 0.264. The molecule has 0 radical (unpaired) electrons. The van der Waals surface area contributed by atoms with Crippen molar-refractivity contribution in [1.82, 2.24) is 0 Å². The zero-order valence-electron chi connectivity index (χ0n) is 11.5. The van der Waals surface area contributed by atoms with Crippen LogP contribution in [0.4, 0.5) is 5.69 Å². The maximum absolute atomic E-state index is 6.37. The van der Waals surface area contributed by atoms with Gasteiger partial charge in [-0.15, -0.1) is 0 Å². The van der Waals surface area contributed by atoms with Crippen LogP contribution in [0.15, 0.2) is 42.5 Å². The highest BCUT2D eigenvalue weighted by Crippen LogP contribution is 2.45. The van der Waals surface area contributed by atoms with Gasteiger partial charge in [-0.1, -0.05) is 41.9 Å². The third-order valence-electron chi connectivity index (χ3n) is 4.03. The molecule has 108 valence electrons. The van der Waals surface area contributed by atoms with Crippen LogP contribution in [-0.4, -0.2) is 6.79 Å². The van der Waals surface area contributed by atoms with Gasteiger partial charge in [0.25, 0.3) is 0 Å². The smallest absolute Gasteiger partial charge is 0.231 e. The maximum Gasteiger partial charge on any atom is 0.231 e. The fourth-order valence-electron chi connectivity index (χ4n) is 2.76. The molecule has 0 bridgehead atoms. The van der Waals surface area contributed by atoms with Crippen molar-refractivity contribution >= 4 is 17.3 Å². The Balaban J connectivity index is 1.64. The first-order chi connectivity index (χ1) is 10.3. The molecule has 21 heavy (non-hydrogen) atoms. The molecule has 1 unspecified atom stereocenters. The summed E-state index contributed by atoms with van der Waals surface area (Å²) >= 11 is 6.37. The average molecular weight is 302 g/mol. The molecule has 4 rings (SSSR count). The Morgan fingerprint density at radius 2 is 1.76 bits per heavy atom. The van der Waals surface area contributed by atoms with E-state index in [2.05, 4.69) is 29.6 Å². The Morgan fingerprint density at radius 3 is 2.48 bits per heavy atom. The molecule has 1 aliphatic carbocycles. The topological polar surface area (TPSA) is 30.5 Å². The highest BCUT2D eigenvalue weighted by molar-refractivity contribution is 6.33. The van der Waals surface area contributed by atoms with Crippen LogP contribution >= 0.6 is 11.6 Å². The van der Waals surface area contributed by atoms with Crippen LogP contribution in [0.5, 0.6) is 11.5 Å². The largest absolute Gasteiger partial charge is 0.454 e. The van der Waals surface area contributed by atoms with Crippen molar-refractivity contribution in [2.24, 2.45) is 5.92 Å². The zero-order valence-corrected chi connectivity index (χ0v) is 12.3. The quantitative estimate of drug-likeness (QED) is 0.893. The first-order valence-corrected chi connectivity index (χ1v) is 7.60. The number of rotatable bonds is 4. The SMILES string of the molecule is Clc1cc2c(cc1NC(c1ccccc1)C1CC1)OCO2. The molecule has 1 N–H and O–H groups in total. The predicted molar refractivity (Wildman–Crippen MR) is 83.1 cm³/mol. The van der Waals surface area contributed by atoms with Gasteiger partial charge in [-0.05, 0) is 24.3 Å². The lowest BCUT2D eigenvalue weighted by Gasteiger charge is -2.21. The van der Waals surface area contributed by atoms with Gasteiger partial charge >= 0.3 is 0 Å². The lowest BCUT2D eigenvalue weighted by Crippen LogP contribution is -2.13. The summed E-state index contributed by atoms with van der Waals surface area (Å²) in [5.74, 6) is 2.15. The van der Waals surface area contributed by atoms with E-state index in [0.717, 1.165) is 11.4 Å². The van der Waals surface area contributed by atoms with E-state index in [9.17, 15) is 0 Å². The normalized spacial score (nSPS) is 17.6. The molecule has 1 heterocycles. The fraction of sp³-hybridized carbons (Fsp3) is 0.294. The average Bonchev–Trinajstić information content (AvgIpc) is 3.25. The second-order valence-electron chi connectivity index (χ2n) is 5.56. The van der Waals surface area contributed by atoms with Gasteiger partial charge in [-0.2, -0.15) is 0 Å². The Kier molecular flexibility index (Phi) is 3.15. The third-order valence-corrected chi connectivity index (χ3v) is 4.34. The second-order valence-corrected chi connectivity index (χ2v) is 5.96. The Morgan fingerprint density at radius 1 is 1.05 bits per heavy atom. The van der Waals surface area contributed by atoms with Gasteiger partial charge in [0.2, 0.25) is 6.79 Å². The molecule has 2 aliphatic rings. The Labute approximate surface area is 128 Å². The minimum Gasteiger partial charge on any atom is -0.454 e. The summed E-state index contributed by atoms with van der Waals surface area (Å²) in [6.07, 6.45) is 2.52. The fourth-order valence-corrected chi connectivity index (χ4v) is 2.97. The van der Waals surface area contributed by atoms with Crippen molar-refractivity contribution in [3.05, 3.63) is 53.1 Å². The number of nitrogens with one attached hydrogen (secondary N) is 1. The van der Waals surface area contributed by atoms with E-state index in [0.29, 0.717) is 22.7 Å². The lowest BCUT2D eigenvalue weighted by atomic mass is 10.0. The number of halogens is 1. The van der Waals surface area contributed by atoms with Gasteiger partial charge < -0.3 is 14.8 Å². The van der Waals surface area contributed by atoms with Crippen LogP contribution in [0.25, 0.3) is 0 Å². The van der Waals surface area contributed by atoms with Gasteiger partial charge in [0.05, 0.1) is 16.8 Å². The maximum atomic E-state index is 6.37. The number of anilines is 1. The number of fused-ring (bicyclic) bond motifs is 1. The minimum absolute atomic E-state index is 0.264. The van der Waals surface area contributed by atoms with E-state index < -0.39 is 0 Å². The standard InChI is InChI=1S/C17H16ClNO2/c18-13-8-15-16(21-10-20-15)9-14(13)19-17(12-6-7-12)11-4-2-1-3-5-11/h1-5,8-9,12,17,19H,6-7,10H2. The van der Waals surface area contributed by atoms with Crippen LogP contribution in [0.3, 0.4) is 0 Å². The first-order valence-electron chi connectivity index (χ1n) is 7.22. The van der Waals surface area contributed by atoms with E-state index in [1.807, 2.05) is 18.2 Å². The third kappa shape index (κ3) is 2.54. The van der Waals surface area contributed by atoms with Crippen LogP contribution < -0.4 is 14.8 Å². The molecule has 4 heteroatoms. The van der Waals surface area contributed by atoms with Crippen molar-refractivity contribution in [3.63, 3.8) is 0 Å². The molecule has 1 atom stereocenters. The molecular weight excluding hydrogens is 286 g/mol. The molecule has 2 aromatic rings. The summed E-state index contributed by atoms with van der Waals surface area (Å²) < 4.78 is 10.8. The summed E-state index contributed by atoms with van der Waals surface area (Å²) in [5.41, 5.74) is 2.20. The van der Waals surface area contributed by atoms with E-state index in [1.165, 1.54) is 18.4 Å². The van der Waals surface area contributed by atoms with Gasteiger partial charge in [-0.3, -0.25) is 0 Å². The van der Waals surface area contributed by atoms with Gasteiger partial charge in [0, 0.05) is 12.1 Å². The molecular formula is C17H16ClNO2. The van der Waals surface area contributed by atoms with E-state index in [1.54, 1.807) is 0 Å². The molecule has 3 nitrogen and oxygen atoms in total. The molecule has 0 saturated heterocycles. The Bertz CT molecular complexity index is 655. The van der Waals surface area contributed by atoms with Crippen LogP contribution in [0.2, 0.25) is 5.02 Å². The molecule has 1 saturated carbocycles. The molecule has 2 aromatic carbocycles. The molecule has 0 spiro atoms. The van der Waals surface area contributed by atoms with Gasteiger partial charge in [0.1, 0.15) is 0 Å². The molecule has 0 amide bonds. The number of hydrogen-bond acceptors (Lipinski definition) is 3. The monoisotopic (exact) mass is 301 g/mol. The molecule has 0 aromatic heterocycles. The molecule has 1 aliphatic heterocycles. The van der Waals surface area contributed by atoms with Crippen LogP contribution in [0.1, 0.15) is 24.4 Å². The van der Waals surface area contributed by atoms with E-state index in [4.69, 9.17) is 21.1 Å². The number of benzene rings is 2. The number of ether oxygens (including phenoxy) is 2. The van der Waals surface area contributed by atoms with Crippen molar-refractivity contribution < 1.29 is 9.47 Å². The van der Waals surface area contributed by atoms with Crippen LogP contribution in [0, 0.1) is 5.92 Å². The number of hydrogen-bond donors (Lipinski definition) is 1. The summed E-state index contributed by atoms with van der Waals surface area (Å²) in [7, 11) is 0. The van der Waals surface area contributed by atoms with Crippen LogP contribution in [-0.2, 0) is 0 Å². The van der Waals surface area contributed by atoms with Gasteiger partial charge in [-0.25, -0.2) is 0 Å². The van der Waals surface area contributed by atoms with Gasteiger partial charge in [0.15, 0.2) is 11.5 Å². The summed E-state index contributed by atoms with van der Waals surface area (Å²) in [6, 6.07) is 14.6. The summed E-state index contributed by atoms with van der Waals surface area (Å²) in [4.78, 5) is 0. The first kappa shape index (κ1) is 12.8. The Hall–Kier alpha value is -1.87. The zero-order chi connectivity index (χ0) is 14.2. The molecule has 1 fully saturated rings. The summed E-state index contributed by atoms with van der Waals surface area (Å²) in [5, 5.41) is 4.26. The van der Waals surface area contributed by atoms with Crippen molar-refractivity contribution in [3.8, 4) is 11.5 Å². The second kappa shape index (κ2) is 5.15. The van der Waals surface area contributed by atoms with E-state index in [-0.39, 0.29) is 6.79 Å². The summed E-state index contributed by atoms with van der Waals surface area (Å²) in [6.45, 7) is 0.264. The van der Waals surface area contributed by atoms with Crippen molar-refractivity contribution in [1.29, 1.82) is 0 Å². The van der Waals surface area contributed by atoms with Crippen molar-refractivity contribution in [2.45, 2.75) is 18.9 Å².